The van der Waals surface area contributed by atoms with E-state index in [1.807, 2.05) is 11.8 Å². The van der Waals surface area contributed by atoms with Crippen molar-refractivity contribution >= 4 is 17.4 Å². The first-order valence-corrected chi connectivity index (χ1v) is 6.63. The second kappa shape index (κ2) is 5.43. The van der Waals surface area contributed by atoms with E-state index in [0.29, 0.717) is 11.8 Å². The molecule has 1 aliphatic heterocycles. The monoisotopic (exact) mass is 241 g/mol. The lowest BCUT2D eigenvalue weighted by Crippen LogP contribution is -2.24. The third-order valence-corrected chi connectivity index (χ3v) is 3.79. The molecule has 0 atom stereocenters. The van der Waals surface area contributed by atoms with Gasteiger partial charge in [0.05, 0.1) is 12.8 Å². The van der Waals surface area contributed by atoms with Crippen LogP contribution in [0.1, 0.15) is 12.8 Å². The zero-order valence-electron chi connectivity index (χ0n) is 9.33. The summed E-state index contributed by atoms with van der Waals surface area (Å²) in [5, 5.41) is 3.42. The van der Waals surface area contributed by atoms with Crippen LogP contribution in [0.3, 0.4) is 0 Å². The number of halogens is 1. The fourth-order valence-corrected chi connectivity index (χ4v) is 2.95. The van der Waals surface area contributed by atoms with Gasteiger partial charge in [-0.2, -0.15) is 11.8 Å². The minimum Gasteiger partial charge on any atom is -0.494 e. The van der Waals surface area contributed by atoms with E-state index in [1.54, 1.807) is 13.2 Å². The molecule has 16 heavy (non-hydrogen) atoms. The molecular formula is C12H16FNOS. The van der Waals surface area contributed by atoms with Crippen LogP contribution in [0.25, 0.3) is 0 Å². The highest BCUT2D eigenvalue weighted by Gasteiger charge is 2.15. The van der Waals surface area contributed by atoms with Gasteiger partial charge in [0.1, 0.15) is 11.6 Å². The SMILES string of the molecule is COc1cc(F)ccc1NC1CCSCC1. The van der Waals surface area contributed by atoms with Crippen LogP contribution in [-0.2, 0) is 0 Å². The Bertz CT molecular complexity index is 353. The molecule has 0 amide bonds. The van der Waals surface area contributed by atoms with Crippen LogP contribution in [0.15, 0.2) is 18.2 Å². The smallest absolute Gasteiger partial charge is 0.144 e. The van der Waals surface area contributed by atoms with Gasteiger partial charge in [0.2, 0.25) is 0 Å². The van der Waals surface area contributed by atoms with E-state index < -0.39 is 0 Å². The zero-order valence-corrected chi connectivity index (χ0v) is 10.1. The molecule has 2 nitrogen and oxygen atoms in total. The van der Waals surface area contributed by atoms with Crippen LogP contribution in [0.2, 0.25) is 0 Å². The third kappa shape index (κ3) is 2.82. The van der Waals surface area contributed by atoms with Gasteiger partial charge in [-0.25, -0.2) is 4.39 Å². The lowest BCUT2D eigenvalue weighted by molar-refractivity contribution is 0.412. The molecule has 0 spiro atoms. The summed E-state index contributed by atoms with van der Waals surface area (Å²) in [4.78, 5) is 0. The summed E-state index contributed by atoms with van der Waals surface area (Å²) in [5.74, 6) is 2.71. The topological polar surface area (TPSA) is 21.3 Å². The molecule has 1 fully saturated rings. The van der Waals surface area contributed by atoms with E-state index in [0.717, 1.165) is 18.5 Å². The van der Waals surface area contributed by atoms with Crippen LogP contribution in [0, 0.1) is 5.82 Å². The Morgan fingerprint density at radius 1 is 1.38 bits per heavy atom. The molecule has 4 heteroatoms. The molecule has 0 radical (unpaired) electrons. The Morgan fingerprint density at radius 2 is 2.12 bits per heavy atom. The molecule has 2 rings (SSSR count). The van der Waals surface area contributed by atoms with Gasteiger partial charge in [0.15, 0.2) is 0 Å². The maximum absolute atomic E-state index is 13.0. The maximum Gasteiger partial charge on any atom is 0.144 e. The van der Waals surface area contributed by atoms with Crippen molar-refractivity contribution in [1.82, 2.24) is 0 Å². The standard InChI is InChI=1S/C12H16FNOS/c1-15-12-8-9(13)2-3-11(12)14-10-4-6-16-7-5-10/h2-3,8,10,14H,4-7H2,1H3. The van der Waals surface area contributed by atoms with Crippen molar-refractivity contribution < 1.29 is 9.13 Å². The van der Waals surface area contributed by atoms with Gasteiger partial charge in [0.25, 0.3) is 0 Å². The van der Waals surface area contributed by atoms with E-state index >= 15 is 0 Å². The van der Waals surface area contributed by atoms with Crippen molar-refractivity contribution in [3.8, 4) is 5.75 Å². The van der Waals surface area contributed by atoms with Crippen molar-refractivity contribution in [3.63, 3.8) is 0 Å². The van der Waals surface area contributed by atoms with E-state index in [9.17, 15) is 4.39 Å². The largest absolute Gasteiger partial charge is 0.494 e. The van der Waals surface area contributed by atoms with E-state index in [4.69, 9.17) is 4.74 Å². The number of nitrogens with one attached hydrogen (secondary N) is 1. The summed E-state index contributed by atoms with van der Waals surface area (Å²) in [6, 6.07) is 5.11. The van der Waals surface area contributed by atoms with Crippen molar-refractivity contribution in [1.29, 1.82) is 0 Å². The summed E-state index contributed by atoms with van der Waals surface area (Å²) < 4.78 is 18.2. The van der Waals surface area contributed by atoms with Gasteiger partial charge in [-0.3, -0.25) is 0 Å². The van der Waals surface area contributed by atoms with Gasteiger partial charge in [-0.1, -0.05) is 0 Å². The molecule has 1 saturated heterocycles. The summed E-state index contributed by atoms with van der Waals surface area (Å²) in [7, 11) is 1.57. The zero-order chi connectivity index (χ0) is 11.4. The minimum absolute atomic E-state index is 0.262. The van der Waals surface area contributed by atoms with Gasteiger partial charge in [0, 0.05) is 12.1 Å². The summed E-state index contributed by atoms with van der Waals surface area (Å²) >= 11 is 1.99. The Kier molecular flexibility index (Phi) is 3.93. The lowest BCUT2D eigenvalue weighted by Gasteiger charge is -2.24. The first kappa shape index (κ1) is 11.6. The number of rotatable bonds is 3. The van der Waals surface area contributed by atoms with Crippen molar-refractivity contribution in [3.05, 3.63) is 24.0 Å². The summed E-state index contributed by atoms with van der Waals surface area (Å²) in [6.07, 6.45) is 2.32. The minimum atomic E-state index is -0.262. The number of thioether (sulfide) groups is 1. The van der Waals surface area contributed by atoms with Crippen molar-refractivity contribution in [2.24, 2.45) is 0 Å². The van der Waals surface area contributed by atoms with E-state index in [1.165, 1.54) is 23.6 Å². The van der Waals surface area contributed by atoms with Crippen LogP contribution in [0.5, 0.6) is 5.75 Å². The van der Waals surface area contributed by atoms with E-state index in [-0.39, 0.29) is 5.82 Å². The number of hydrogen-bond donors (Lipinski definition) is 1. The van der Waals surface area contributed by atoms with Crippen molar-refractivity contribution in [2.75, 3.05) is 23.9 Å². The summed E-state index contributed by atoms with van der Waals surface area (Å²) in [5.41, 5.74) is 0.890. The molecule has 0 aliphatic carbocycles. The second-order valence-electron chi connectivity index (χ2n) is 3.88. The Morgan fingerprint density at radius 3 is 2.81 bits per heavy atom. The third-order valence-electron chi connectivity index (χ3n) is 2.74. The fourth-order valence-electron chi connectivity index (χ4n) is 1.85. The summed E-state index contributed by atoms with van der Waals surface area (Å²) in [6.45, 7) is 0. The Labute approximate surface area is 99.6 Å². The molecule has 1 aliphatic rings. The van der Waals surface area contributed by atoms with Crippen molar-refractivity contribution in [2.45, 2.75) is 18.9 Å². The predicted molar refractivity (Wildman–Crippen MR) is 66.9 cm³/mol. The first-order chi connectivity index (χ1) is 7.79. The number of benzene rings is 1. The fraction of sp³-hybridized carbons (Fsp3) is 0.500. The number of methoxy groups -OCH3 is 1. The van der Waals surface area contributed by atoms with Crippen LogP contribution < -0.4 is 10.1 Å². The molecule has 0 bridgehead atoms. The molecule has 1 aromatic carbocycles. The predicted octanol–water partition coefficient (Wildman–Crippen LogP) is 3.14. The van der Waals surface area contributed by atoms with Gasteiger partial charge in [-0.05, 0) is 36.5 Å². The highest BCUT2D eigenvalue weighted by atomic mass is 32.2. The maximum atomic E-state index is 13.0. The molecule has 88 valence electrons. The quantitative estimate of drug-likeness (QED) is 0.878. The molecule has 1 N–H and O–H groups in total. The van der Waals surface area contributed by atoms with Crippen LogP contribution in [0.4, 0.5) is 10.1 Å². The number of ether oxygens (including phenoxy) is 1. The number of anilines is 1. The average molecular weight is 241 g/mol. The number of hydrogen-bond acceptors (Lipinski definition) is 3. The van der Waals surface area contributed by atoms with Gasteiger partial charge >= 0.3 is 0 Å². The molecule has 1 aromatic rings. The average Bonchev–Trinajstić information content (AvgIpc) is 2.33. The van der Waals surface area contributed by atoms with E-state index in [2.05, 4.69) is 5.32 Å². The Balaban J connectivity index is 2.07. The first-order valence-electron chi connectivity index (χ1n) is 5.47. The van der Waals surface area contributed by atoms with Gasteiger partial charge < -0.3 is 10.1 Å². The Hall–Kier alpha value is -0.900. The molecule has 0 unspecified atom stereocenters. The van der Waals surface area contributed by atoms with Crippen LogP contribution >= 0.6 is 11.8 Å². The molecule has 1 heterocycles. The lowest BCUT2D eigenvalue weighted by atomic mass is 10.1. The highest BCUT2D eigenvalue weighted by Crippen LogP contribution is 2.28. The van der Waals surface area contributed by atoms with Crippen LogP contribution in [-0.4, -0.2) is 24.7 Å². The van der Waals surface area contributed by atoms with Gasteiger partial charge in [-0.15, -0.1) is 0 Å². The molecule has 0 saturated carbocycles. The molecular weight excluding hydrogens is 225 g/mol. The second-order valence-corrected chi connectivity index (χ2v) is 5.10. The highest BCUT2D eigenvalue weighted by molar-refractivity contribution is 7.99. The normalized spacial score (nSPS) is 17.1. The molecule has 0 aromatic heterocycles.